The van der Waals surface area contributed by atoms with Gasteiger partial charge >= 0.3 is 5.97 Å². The molecule has 104 valence electrons. The number of aryl methyl sites for hydroxylation is 1. The maximum Gasteiger partial charge on any atom is 0.345 e. The summed E-state index contributed by atoms with van der Waals surface area (Å²) in [6.07, 6.45) is 0. The molecule has 0 amide bonds. The maximum absolute atomic E-state index is 13.1. The average molecular weight is 278 g/mol. The van der Waals surface area contributed by atoms with Crippen LogP contribution in [0.5, 0.6) is 0 Å². The lowest BCUT2D eigenvalue weighted by molar-refractivity contribution is -0.155. The Morgan fingerprint density at radius 3 is 2.10 bits per heavy atom. The van der Waals surface area contributed by atoms with E-state index in [1.165, 1.54) is 25.1 Å². The van der Waals surface area contributed by atoms with E-state index in [2.05, 4.69) is 0 Å². The van der Waals surface area contributed by atoms with Crippen molar-refractivity contribution < 1.29 is 23.8 Å². The van der Waals surface area contributed by atoms with Crippen LogP contribution >= 0.6 is 0 Å². The molecule has 1 atom stereocenters. The summed E-state index contributed by atoms with van der Waals surface area (Å²) in [6, 6.07) is 7.90. The quantitative estimate of drug-likeness (QED) is 0.907. The summed E-state index contributed by atoms with van der Waals surface area (Å²) in [4.78, 5) is 11.5. The first-order chi connectivity index (χ1) is 9.35. The Hall–Kier alpha value is -2.27. The number of hydrogen-bond acceptors (Lipinski definition) is 2. The van der Waals surface area contributed by atoms with Crippen molar-refractivity contribution in [3.05, 3.63) is 70.8 Å². The Balaban J connectivity index is 2.66. The van der Waals surface area contributed by atoms with E-state index in [1.807, 2.05) is 0 Å². The van der Waals surface area contributed by atoms with Crippen molar-refractivity contribution in [2.75, 3.05) is 0 Å². The molecule has 0 spiro atoms. The topological polar surface area (TPSA) is 57.5 Å². The Morgan fingerprint density at radius 1 is 1.05 bits per heavy atom. The van der Waals surface area contributed by atoms with E-state index in [0.717, 1.165) is 24.3 Å². The molecular weight excluding hydrogens is 266 g/mol. The summed E-state index contributed by atoms with van der Waals surface area (Å²) in [6.45, 7) is 1.50. The van der Waals surface area contributed by atoms with Gasteiger partial charge in [-0.2, -0.15) is 0 Å². The zero-order valence-electron chi connectivity index (χ0n) is 10.6. The molecule has 2 rings (SSSR count). The molecule has 3 nitrogen and oxygen atoms in total. The molecule has 20 heavy (non-hydrogen) atoms. The van der Waals surface area contributed by atoms with Gasteiger partial charge in [-0.25, -0.2) is 13.6 Å². The van der Waals surface area contributed by atoms with Crippen LogP contribution in [0.1, 0.15) is 16.7 Å². The van der Waals surface area contributed by atoms with Gasteiger partial charge in [0.2, 0.25) is 5.60 Å². The van der Waals surface area contributed by atoms with Crippen molar-refractivity contribution in [1.82, 2.24) is 0 Å². The molecule has 2 aromatic carbocycles. The standard InChI is InChI=1S/C15H12F2O3/c1-9-8-12(17)6-7-13(9)15(20,14(18)19)10-2-4-11(16)5-3-10/h2-8,20H,1H3,(H,18,19). The first kappa shape index (κ1) is 14.1. The number of hydrogen-bond donors (Lipinski definition) is 2. The third-order valence-electron chi connectivity index (χ3n) is 3.15. The number of carboxylic acid groups (broad SMARTS) is 1. The second kappa shape index (κ2) is 5.02. The van der Waals surface area contributed by atoms with Crippen LogP contribution in [-0.4, -0.2) is 16.2 Å². The van der Waals surface area contributed by atoms with Crippen LogP contribution in [0.4, 0.5) is 8.78 Å². The van der Waals surface area contributed by atoms with Crippen LogP contribution in [0.25, 0.3) is 0 Å². The highest BCUT2D eigenvalue weighted by Crippen LogP contribution is 2.32. The van der Waals surface area contributed by atoms with E-state index >= 15 is 0 Å². The number of carbonyl (C=O) groups is 1. The van der Waals surface area contributed by atoms with E-state index in [4.69, 9.17) is 0 Å². The monoisotopic (exact) mass is 278 g/mol. The maximum atomic E-state index is 13.1. The van der Waals surface area contributed by atoms with E-state index in [9.17, 15) is 23.8 Å². The van der Waals surface area contributed by atoms with Crippen LogP contribution in [0, 0.1) is 18.6 Å². The van der Waals surface area contributed by atoms with Gasteiger partial charge in [0, 0.05) is 5.56 Å². The van der Waals surface area contributed by atoms with Crippen molar-refractivity contribution in [3.8, 4) is 0 Å². The molecular formula is C15H12F2O3. The number of rotatable bonds is 3. The normalized spacial score (nSPS) is 13.8. The molecule has 0 saturated carbocycles. The number of benzene rings is 2. The van der Waals surface area contributed by atoms with Gasteiger partial charge < -0.3 is 10.2 Å². The fraction of sp³-hybridized carbons (Fsp3) is 0.133. The molecule has 2 N–H and O–H groups in total. The Labute approximate surface area is 114 Å². The number of aliphatic hydroxyl groups is 1. The summed E-state index contributed by atoms with van der Waals surface area (Å²) in [5.74, 6) is -2.59. The van der Waals surface area contributed by atoms with Gasteiger partial charge in [0.05, 0.1) is 0 Å². The number of aliphatic carboxylic acids is 1. The van der Waals surface area contributed by atoms with Crippen LogP contribution in [0.15, 0.2) is 42.5 Å². The smallest absolute Gasteiger partial charge is 0.345 e. The molecule has 0 aliphatic carbocycles. The summed E-state index contributed by atoms with van der Waals surface area (Å²) in [7, 11) is 0. The Bertz CT molecular complexity index is 653. The van der Waals surface area contributed by atoms with E-state index < -0.39 is 23.2 Å². The largest absolute Gasteiger partial charge is 0.479 e. The van der Waals surface area contributed by atoms with Crippen molar-refractivity contribution in [2.45, 2.75) is 12.5 Å². The van der Waals surface area contributed by atoms with E-state index in [0.29, 0.717) is 5.56 Å². The van der Waals surface area contributed by atoms with Crippen molar-refractivity contribution >= 4 is 5.97 Å². The second-order valence-corrected chi connectivity index (χ2v) is 4.48. The fourth-order valence-electron chi connectivity index (χ4n) is 2.12. The SMILES string of the molecule is Cc1cc(F)ccc1C(O)(C(=O)O)c1ccc(F)cc1. The lowest BCUT2D eigenvalue weighted by Crippen LogP contribution is -2.37. The molecule has 2 aromatic rings. The molecule has 0 radical (unpaired) electrons. The molecule has 1 unspecified atom stereocenters. The first-order valence-corrected chi connectivity index (χ1v) is 5.84. The summed E-state index contributed by atoms with van der Waals surface area (Å²) < 4.78 is 26.0. The highest BCUT2D eigenvalue weighted by Gasteiger charge is 2.41. The van der Waals surface area contributed by atoms with Crippen LogP contribution in [0.2, 0.25) is 0 Å². The molecule has 0 aliphatic heterocycles. The predicted molar refractivity (Wildman–Crippen MR) is 68.2 cm³/mol. The number of halogens is 2. The number of carboxylic acids is 1. The summed E-state index contributed by atoms with van der Waals surface area (Å²) in [5.41, 5.74) is -2.02. The minimum Gasteiger partial charge on any atom is -0.479 e. The van der Waals surface area contributed by atoms with E-state index in [-0.39, 0.29) is 11.1 Å². The van der Waals surface area contributed by atoms with E-state index in [1.54, 1.807) is 0 Å². The van der Waals surface area contributed by atoms with Gasteiger partial charge in [0.15, 0.2) is 0 Å². The zero-order valence-corrected chi connectivity index (χ0v) is 10.6. The highest BCUT2D eigenvalue weighted by molar-refractivity contribution is 5.84. The first-order valence-electron chi connectivity index (χ1n) is 5.84. The van der Waals surface area contributed by atoms with Crippen molar-refractivity contribution in [1.29, 1.82) is 0 Å². The second-order valence-electron chi connectivity index (χ2n) is 4.48. The van der Waals surface area contributed by atoms with Crippen molar-refractivity contribution in [3.63, 3.8) is 0 Å². The van der Waals surface area contributed by atoms with Gasteiger partial charge in [-0.3, -0.25) is 0 Å². The van der Waals surface area contributed by atoms with Gasteiger partial charge in [0.25, 0.3) is 0 Å². The van der Waals surface area contributed by atoms with Gasteiger partial charge in [-0.15, -0.1) is 0 Å². The van der Waals surface area contributed by atoms with Gasteiger partial charge in [-0.1, -0.05) is 18.2 Å². The molecule has 0 aliphatic rings. The molecule has 5 heteroatoms. The predicted octanol–water partition coefficient (Wildman–Crippen LogP) is 2.59. The van der Waals surface area contributed by atoms with Crippen LogP contribution < -0.4 is 0 Å². The van der Waals surface area contributed by atoms with Crippen LogP contribution in [-0.2, 0) is 10.4 Å². The molecule has 0 bridgehead atoms. The third-order valence-corrected chi connectivity index (χ3v) is 3.15. The fourth-order valence-corrected chi connectivity index (χ4v) is 2.12. The summed E-state index contributed by atoms with van der Waals surface area (Å²) in [5, 5.41) is 19.9. The minimum absolute atomic E-state index is 0.00103. The molecule has 0 saturated heterocycles. The lowest BCUT2D eigenvalue weighted by Gasteiger charge is -2.26. The zero-order chi connectivity index (χ0) is 14.9. The highest BCUT2D eigenvalue weighted by atomic mass is 19.1. The van der Waals surface area contributed by atoms with Gasteiger partial charge in [0.1, 0.15) is 11.6 Å². The lowest BCUT2D eigenvalue weighted by atomic mass is 9.84. The Kier molecular flexibility index (Phi) is 3.55. The Morgan fingerprint density at radius 2 is 1.60 bits per heavy atom. The van der Waals surface area contributed by atoms with Crippen LogP contribution in [0.3, 0.4) is 0 Å². The average Bonchev–Trinajstić information content (AvgIpc) is 2.38. The van der Waals surface area contributed by atoms with Gasteiger partial charge in [-0.05, 0) is 42.3 Å². The molecule has 0 fully saturated rings. The van der Waals surface area contributed by atoms with Crippen molar-refractivity contribution in [2.24, 2.45) is 0 Å². The third kappa shape index (κ3) is 2.28. The summed E-state index contributed by atoms with van der Waals surface area (Å²) >= 11 is 0. The molecule has 0 heterocycles. The molecule has 0 aromatic heterocycles. The minimum atomic E-state index is -2.36.